The number of aromatic nitrogens is 1. The molecule has 12 heteroatoms. The highest BCUT2D eigenvalue weighted by molar-refractivity contribution is 5.95. The number of nitrogens with two attached hydrogens (primary N) is 2. The molecule has 0 saturated carbocycles. The number of rotatable bonds is 14. The van der Waals surface area contributed by atoms with Crippen LogP contribution >= 0.6 is 0 Å². The number of fused-ring (bicyclic) bond motifs is 1. The molecular formula is C28H34N6O6. The number of aliphatic carboxylic acids is 1. The maximum absolute atomic E-state index is 13.4. The maximum atomic E-state index is 13.4. The number of carbonyl (C=O) groups excluding carboxylic acids is 4. The highest BCUT2D eigenvalue weighted by Crippen LogP contribution is 2.19. The number of para-hydroxylation sites is 1. The van der Waals surface area contributed by atoms with Gasteiger partial charge in [0.2, 0.25) is 23.6 Å². The summed E-state index contributed by atoms with van der Waals surface area (Å²) in [5.41, 5.74) is 13.7. The molecule has 9 N–H and O–H groups in total. The quantitative estimate of drug-likeness (QED) is 0.147. The number of carboxylic acid groups (broad SMARTS) is 1. The lowest BCUT2D eigenvalue weighted by molar-refractivity contribution is -0.141. The molecule has 0 aliphatic rings. The van der Waals surface area contributed by atoms with Gasteiger partial charge in [0.25, 0.3) is 0 Å². The Labute approximate surface area is 230 Å². The summed E-state index contributed by atoms with van der Waals surface area (Å²) >= 11 is 0. The Morgan fingerprint density at radius 2 is 1.48 bits per heavy atom. The SMILES string of the molecule is CC(NC(=O)C(Cc1c[nH]c2ccccc12)NC(=O)C(CCC(N)=O)NC(=O)C(N)Cc1ccccc1)C(=O)O. The molecule has 4 amide bonds. The van der Waals surface area contributed by atoms with E-state index in [-0.39, 0.29) is 25.7 Å². The van der Waals surface area contributed by atoms with E-state index in [1.54, 1.807) is 6.20 Å². The molecule has 4 unspecified atom stereocenters. The third kappa shape index (κ3) is 8.40. The second kappa shape index (κ2) is 13.9. The Morgan fingerprint density at radius 1 is 0.850 bits per heavy atom. The lowest BCUT2D eigenvalue weighted by Gasteiger charge is -2.24. The van der Waals surface area contributed by atoms with Crippen molar-refractivity contribution >= 4 is 40.5 Å². The lowest BCUT2D eigenvalue weighted by Crippen LogP contribution is -2.57. The van der Waals surface area contributed by atoms with E-state index in [0.717, 1.165) is 16.5 Å². The summed E-state index contributed by atoms with van der Waals surface area (Å²) in [5.74, 6) is -4.02. The number of hydrogen-bond donors (Lipinski definition) is 7. The van der Waals surface area contributed by atoms with E-state index in [0.29, 0.717) is 5.56 Å². The number of carbonyl (C=O) groups is 5. The molecule has 212 valence electrons. The fourth-order valence-corrected chi connectivity index (χ4v) is 4.17. The molecule has 3 aromatic rings. The standard InChI is InChI=1S/C28H34N6O6/c1-16(28(39)40)32-27(38)23(14-18-15-31-21-10-6-5-9-19(18)21)34-26(37)22(11-12-24(30)35)33-25(36)20(29)13-17-7-3-2-4-8-17/h2-10,15-16,20,22-23,31H,11-14,29H2,1H3,(H2,30,35)(H,32,38)(H,33,36)(H,34,37)(H,39,40). The fourth-order valence-electron chi connectivity index (χ4n) is 4.17. The molecule has 12 nitrogen and oxygen atoms in total. The monoisotopic (exact) mass is 550 g/mol. The summed E-state index contributed by atoms with van der Waals surface area (Å²) in [5, 5.41) is 17.6. The topological polar surface area (TPSA) is 210 Å². The molecule has 4 atom stereocenters. The second-order valence-corrected chi connectivity index (χ2v) is 9.56. The molecule has 40 heavy (non-hydrogen) atoms. The Morgan fingerprint density at radius 3 is 2.15 bits per heavy atom. The van der Waals surface area contributed by atoms with Gasteiger partial charge in [-0.05, 0) is 37.0 Å². The fraction of sp³-hybridized carbons (Fsp3) is 0.321. The van der Waals surface area contributed by atoms with E-state index in [4.69, 9.17) is 11.5 Å². The van der Waals surface area contributed by atoms with Crippen molar-refractivity contribution in [2.45, 2.75) is 56.8 Å². The molecule has 0 aliphatic carbocycles. The molecule has 0 aliphatic heterocycles. The van der Waals surface area contributed by atoms with Crippen molar-refractivity contribution in [3.63, 3.8) is 0 Å². The van der Waals surface area contributed by atoms with Gasteiger partial charge in [0.05, 0.1) is 6.04 Å². The van der Waals surface area contributed by atoms with E-state index in [2.05, 4.69) is 20.9 Å². The van der Waals surface area contributed by atoms with E-state index in [1.165, 1.54) is 6.92 Å². The zero-order valence-corrected chi connectivity index (χ0v) is 22.1. The van der Waals surface area contributed by atoms with E-state index in [9.17, 15) is 29.1 Å². The predicted molar refractivity (Wildman–Crippen MR) is 148 cm³/mol. The number of aromatic amines is 1. The Hall–Kier alpha value is -4.71. The Balaban J connectivity index is 1.79. The number of primary amides is 1. The average molecular weight is 551 g/mol. The molecule has 3 rings (SSSR count). The van der Waals surface area contributed by atoms with Gasteiger partial charge in [0.15, 0.2) is 0 Å². The molecule has 2 aromatic carbocycles. The number of benzene rings is 2. The zero-order chi connectivity index (χ0) is 29.2. The maximum Gasteiger partial charge on any atom is 0.325 e. The molecule has 1 aromatic heterocycles. The summed E-state index contributed by atoms with van der Waals surface area (Å²) in [4.78, 5) is 65.2. The van der Waals surface area contributed by atoms with Crippen LogP contribution in [0.2, 0.25) is 0 Å². The smallest absolute Gasteiger partial charge is 0.325 e. The minimum atomic E-state index is -1.25. The van der Waals surface area contributed by atoms with Gasteiger partial charge in [-0.15, -0.1) is 0 Å². The van der Waals surface area contributed by atoms with Crippen molar-refractivity contribution in [1.29, 1.82) is 0 Å². The van der Waals surface area contributed by atoms with Gasteiger partial charge in [0, 0.05) is 29.9 Å². The van der Waals surface area contributed by atoms with E-state index in [1.807, 2.05) is 54.6 Å². The third-order valence-electron chi connectivity index (χ3n) is 6.41. The van der Waals surface area contributed by atoms with Gasteiger partial charge in [-0.3, -0.25) is 24.0 Å². The van der Waals surface area contributed by atoms with Crippen molar-refractivity contribution < 1.29 is 29.1 Å². The first-order chi connectivity index (χ1) is 19.0. The molecule has 0 radical (unpaired) electrons. The molecule has 0 spiro atoms. The van der Waals surface area contributed by atoms with Gasteiger partial charge >= 0.3 is 5.97 Å². The summed E-state index contributed by atoms with van der Waals surface area (Å²) in [6, 6.07) is 11.9. The van der Waals surface area contributed by atoms with Gasteiger partial charge in [-0.25, -0.2) is 0 Å². The largest absolute Gasteiger partial charge is 0.480 e. The first-order valence-electron chi connectivity index (χ1n) is 12.8. The van der Waals surface area contributed by atoms with Gasteiger partial charge in [-0.1, -0.05) is 48.5 Å². The van der Waals surface area contributed by atoms with Crippen molar-refractivity contribution in [3.8, 4) is 0 Å². The third-order valence-corrected chi connectivity index (χ3v) is 6.41. The van der Waals surface area contributed by atoms with Crippen LogP contribution in [0, 0.1) is 0 Å². The summed E-state index contributed by atoms with van der Waals surface area (Å²) in [7, 11) is 0. The van der Waals surface area contributed by atoms with Crippen LogP contribution < -0.4 is 27.4 Å². The zero-order valence-electron chi connectivity index (χ0n) is 22.1. The van der Waals surface area contributed by atoms with Crippen molar-refractivity contribution in [1.82, 2.24) is 20.9 Å². The van der Waals surface area contributed by atoms with E-state index >= 15 is 0 Å². The van der Waals surface area contributed by atoms with Crippen LogP contribution in [0.5, 0.6) is 0 Å². The molecular weight excluding hydrogens is 516 g/mol. The molecule has 0 bridgehead atoms. The van der Waals surface area contributed by atoms with Crippen LogP contribution in [-0.2, 0) is 36.8 Å². The van der Waals surface area contributed by atoms with E-state index < -0.39 is 53.8 Å². The molecule has 1 heterocycles. The van der Waals surface area contributed by atoms with Crippen molar-refractivity contribution in [3.05, 3.63) is 71.9 Å². The highest BCUT2D eigenvalue weighted by Gasteiger charge is 2.30. The van der Waals surface area contributed by atoms with Gasteiger partial charge < -0.3 is 37.5 Å². The number of H-pyrrole nitrogens is 1. The number of nitrogens with one attached hydrogen (secondary N) is 4. The van der Waals surface area contributed by atoms with Crippen LogP contribution in [0.25, 0.3) is 10.9 Å². The Bertz CT molecular complexity index is 1360. The summed E-state index contributed by atoms with van der Waals surface area (Å²) < 4.78 is 0. The van der Waals surface area contributed by atoms with Crippen LogP contribution in [0.4, 0.5) is 0 Å². The Kier molecular flexibility index (Phi) is 10.4. The average Bonchev–Trinajstić information content (AvgIpc) is 3.33. The lowest BCUT2D eigenvalue weighted by atomic mass is 10.0. The number of amides is 4. The van der Waals surface area contributed by atoms with Gasteiger partial charge in [-0.2, -0.15) is 0 Å². The minimum Gasteiger partial charge on any atom is -0.480 e. The predicted octanol–water partition coefficient (Wildman–Crippen LogP) is 0.105. The summed E-state index contributed by atoms with van der Waals surface area (Å²) in [6.07, 6.45) is 1.61. The van der Waals surface area contributed by atoms with Crippen molar-refractivity contribution in [2.24, 2.45) is 11.5 Å². The van der Waals surface area contributed by atoms with Crippen LogP contribution in [0.15, 0.2) is 60.8 Å². The van der Waals surface area contributed by atoms with Gasteiger partial charge in [0.1, 0.15) is 18.1 Å². The number of carboxylic acids is 1. The van der Waals surface area contributed by atoms with Crippen molar-refractivity contribution in [2.75, 3.05) is 0 Å². The van der Waals surface area contributed by atoms with Crippen LogP contribution in [0.3, 0.4) is 0 Å². The number of hydrogen-bond acceptors (Lipinski definition) is 6. The highest BCUT2D eigenvalue weighted by atomic mass is 16.4. The molecule has 0 saturated heterocycles. The molecule has 0 fully saturated rings. The van der Waals surface area contributed by atoms with Crippen LogP contribution in [0.1, 0.15) is 30.9 Å². The first-order valence-corrected chi connectivity index (χ1v) is 12.8. The van der Waals surface area contributed by atoms with Crippen LogP contribution in [-0.4, -0.2) is 63.9 Å². The minimum absolute atomic E-state index is 0.0257. The first kappa shape index (κ1) is 29.8. The normalized spacial score (nSPS) is 13.9. The summed E-state index contributed by atoms with van der Waals surface area (Å²) in [6.45, 7) is 1.30. The second-order valence-electron chi connectivity index (χ2n) is 9.56.